The Bertz CT molecular complexity index is 1530. The maximum Gasteiger partial charge on any atom is 0.322 e. The number of hydrogen-bond donors (Lipinski definition) is 5. The molecule has 0 radical (unpaired) electrons. The first-order valence-corrected chi connectivity index (χ1v) is 13.5. The van der Waals surface area contributed by atoms with Crippen molar-refractivity contribution in [3.63, 3.8) is 0 Å². The number of aromatic nitrogens is 1. The Hall–Kier alpha value is -4.87. The Balaban J connectivity index is 1.43. The van der Waals surface area contributed by atoms with Crippen molar-refractivity contribution >= 4 is 46.3 Å². The number of urea groups is 1. The van der Waals surface area contributed by atoms with Crippen molar-refractivity contribution in [3.05, 3.63) is 65.4 Å². The predicted molar refractivity (Wildman–Crippen MR) is 150 cm³/mol. The number of nitrogens with zero attached hydrogens (tertiary/aromatic N) is 2. The van der Waals surface area contributed by atoms with Crippen LogP contribution in [0.25, 0.3) is 10.9 Å². The molecule has 0 spiro atoms. The topological polar surface area (TPSA) is 178 Å². The number of fused-ring (bicyclic) bond motifs is 3. The number of aromatic amines is 1. The van der Waals surface area contributed by atoms with Crippen molar-refractivity contribution in [1.29, 1.82) is 0 Å². The molecule has 5 rings (SSSR count). The second-order valence-electron chi connectivity index (χ2n) is 10.5. The number of carbonyl (C=O) groups is 5. The van der Waals surface area contributed by atoms with Gasteiger partial charge in [-0.25, -0.2) is 4.79 Å². The van der Waals surface area contributed by atoms with Crippen molar-refractivity contribution in [2.24, 2.45) is 5.73 Å². The van der Waals surface area contributed by atoms with Gasteiger partial charge in [-0.2, -0.15) is 0 Å². The number of rotatable bonds is 7. The number of nitrogens with one attached hydrogen (secondary N) is 3. The average molecular weight is 561 g/mol. The molecule has 2 aromatic carbocycles. The molecule has 0 aliphatic carbocycles. The van der Waals surface area contributed by atoms with Crippen molar-refractivity contribution in [1.82, 2.24) is 20.1 Å². The summed E-state index contributed by atoms with van der Waals surface area (Å²) >= 11 is 0. The summed E-state index contributed by atoms with van der Waals surface area (Å²) in [4.78, 5) is 70.1. The Kier molecular flexibility index (Phi) is 7.64. The summed E-state index contributed by atoms with van der Waals surface area (Å²) in [5.41, 5.74) is 9.54. The summed E-state index contributed by atoms with van der Waals surface area (Å²) in [6, 6.07) is 11.4. The lowest BCUT2D eigenvalue weighted by Crippen LogP contribution is -2.58. The molecule has 1 aromatic heterocycles. The standard InChI is InChI=1S/C29H32N6O6/c1-16-6-4-7-17(12-16)31-29(41)35-15-22-19(18-8-2-3-9-20(18)32-22)13-24(35)28(40)34-11-5-10-23(34)27(39)33-21(26(30)38)14-25(36)37/h2-4,6-9,12,21,23-24,32H,5,10-11,13-15H2,1H3,(H2,30,38)(H,31,41)(H,33,39)(H,36,37)/t21-,23-,24+/m1/s1. The minimum absolute atomic E-state index is 0.158. The van der Waals surface area contributed by atoms with E-state index in [-0.39, 0.29) is 19.5 Å². The number of aryl methyl sites for hydroxylation is 1. The Labute approximate surface area is 235 Å². The number of nitrogens with two attached hydrogens (primary N) is 1. The number of H-pyrrole nitrogens is 1. The van der Waals surface area contributed by atoms with Crippen LogP contribution in [0.1, 0.15) is 36.1 Å². The van der Waals surface area contributed by atoms with Gasteiger partial charge in [-0.15, -0.1) is 0 Å². The van der Waals surface area contributed by atoms with E-state index in [0.717, 1.165) is 27.7 Å². The Morgan fingerprint density at radius 2 is 1.85 bits per heavy atom. The number of carboxylic acid groups (broad SMARTS) is 1. The third-order valence-corrected chi connectivity index (χ3v) is 7.70. The number of hydrogen-bond acceptors (Lipinski definition) is 5. The Morgan fingerprint density at radius 3 is 2.59 bits per heavy atom. The molecular weight excluding hydrogens is 528 g/mol. The highest BCUT2D eigenvalue weighted by Crippen LogP contribution is 2.32. The highest BCUT2D eigenvalue weighted by molar-refractivity contribution is 5.98. The van der Waals surface area contributed by atoms with E-state index in [2.05, 4.69) is 15.6 Å². The van der Waals surface area contributed by atoms with Gasteiger partial charge in [0.05, 0.1) is 13.0 Å². The summed E-state index contributed by atoms with van der Waals surface area (Å²) in [6.07, 6.45) is 0.439. The van der Waals surface area contributed by atoms with Gasteiger partial charge in [-0.3, -0.25) is 19.2 Å². The zero-order valence-electron chi connectivity index (χ0n) is 22.6. The number of benzene rings is 2. The van der Waals surface area contributed by atoms with Crippen LogP contribution in [0, 0.1) is 6.92 Å². The summed E-state index contributed by atoms with van der Waals surface area (Å²) in [6.45, 7) is 2.35. The number of amides is 5. The SMILES string of the molecule is Cc1cccc(NC(=O)N2Cc3[nH]c4ccccc4c3C[C@H]2C(=O)N2CCC[C@@H]2C(=O)N[C@H](CC(=O)O)C(N)=O)c1. The summed E-state index contributed by atoms with van der Waals surface area (Å²) < 4.78 is 0. The molecule has 3 aromatic rings. The fourth-order valence-corrected chi connectivity index (χ4v) is 5.72. The van der Waals surface area contributed by atoms with Gasteiger partial charge < -0.3 is 36.3 Å². The number of aliphatic carboxylic acids is 1. The van der Waals surface area contributed by atoms with E-state index >= 15 is 0 Å². The van der Waals surface area contributed by atoms with E-state index in [0.29, 0.717) is 18.5 Å². The van der Waals surface area contributed by atoms with Gasteiger partial charge in [0.25, 0.3) is 0 Å². The first kappa shape index (κ1) is 27.7. The molecule has 5 amide bonds. The minimum Gasteiger partial charge on any atom is -0.481 e. The second kappa shape index (κ2) is 11.3. The predicted octanol–water partition coefficient (Wildman–Crippen LogP) is 1.87. The number of carbonyl (C=O) groups excluding carboxylic acids is 4. The molecule has 2 aliphatic rings. The first-order valence-electron chi connectivity index (χ1n) is 13.5. The number of carboxylic acids is 1. The fourth-order valence-electron chi connectivity index (χ4n) is 5.72. The fraction of sp³-hybridized carbons (Fsp3) is 0.345. The molecule has 41 heavy (non-hydrogen) atoms. The van der Waals surface area contributed by atoms with E-state index in [1.807, 2.05) is 49.4 Å². The van der Waals surface area contributed by atoms with Crippen molar-refractivity contribution in [2.45, 2.75) is 57.3 Å². The number of anilines is 1. The van der Waals surface area contributed by atoms with Crippen LogP contribution in [-0.2, 0) is 32.1 Å². The zero-order valence-corrected chi connectivity index (χ0v) is 22.6. The van der Waals surface area contributed by atoms with Crippen LogP contribution in [0.4, 0.5) is 10.5 Å². The van der Waals surface area contributed by atoms with Crippen LogP contribution < -0.4 is 16.4 Å². The van der Waals surface area contributed by atoms with E-state index in [1.165, 1.54) is 9.80 Å². The molecule has 214 valence electrons. The number of para-hydroxylation sites is 1. The lowest BCUT2D eigenvalue weighted by Gasteiger charge is -2.38. The molecular formula is C29H32N6O6. The van der Waals surface area contributed by atoms with E-state index in [4.69, 9.17) is 10.8 Å². The van der Waals surface area contributed by atoms with E-state index in [9.17, 15) is 24.0 Å². The molecule has 0 unspecified atom stereocenters. The zero-order chi connectivity index (χ0) is 29.3. The van der Waals surface area contributed by atoms with Crippen molar-refractivity contribution in [3.8, 4) is 0 Å². The first-order chi connectivity index (χ1) is 19.6. The van der Waals surface area contributed by atoms with Crippen molar-refractivity contribution in [2.75, 3.05) is 11.9 Å². The lowest BCUT2D eigenvalue weighted by molar-refractivity contribution is -0.144. The van der Waals surface area contributed by atoms with E-state index < -0.39 is 54.3 Å². The maximum absolute atomic E-state index is 14.1. The quantitative estimate of drug-likeness (QED) is 0.294. The molecule has 0 bridgehead atoms. The lowest BCUT2D eigenvalue weighted by atomic mass is 9.95. The van der Waals surface area contributed by atoms with Gasteiger partial charge in [0.15, 0.2) is 0 Å². The maximum atomic E-state index is 14.1. The molecule has 1 fully saturated rings. The van der Waals surface area contributed by atoms with Gasteiger partial charge in [-0.1, -0.05) is 30.3 Å². The van der Waals surface area contributed by atoms with Crippen LogP contribution in [-0.4, -0.2) is 74.3 Å². The van der Waals surface area contributed by atoms with Gasteiger partial charge in [-0.05, 0) is 49.1 Å². The highest BCUT2D eigenvalue weighted by atomic mass is 16.4. The third kappa shape index (κ3) is 5.72. The monoisotopic (exact) mass is 560 g/mol. The smallest absolute Gasteiger partial charge is 0.322 e. The van der Waals surface area contributed by atoms with Crippen LogP contribution in [0.2, 0.25) is 0 Å². The second-order valence-corrected chi connectivity index (χ2v) is 10.5. The molecule has 12 nitrogen and oxygen atoms in total. The summed E-state index contributed by atoms with van der Waals surface area (Å²) in [5, 5.41) is 15.4. The number of likely N-dealkylation sites (tertiary alicyclic amines) is 1. The molecule has 1 saturated heterocycles. The largest absolute Gasteiger partial charge is 0.481 e. The van der Waals surface area contributed by atoms with Crippen LogP contribution in [0.3, 0.4) is 0 Å². The summed E-state index contributed by atoms with van der Waals surface area (Å²) in [5.74, 6) is -3.32. The summed E-state index contributed by atoms with van der Waals surface area (Å²) in [7, 11) is 0. The van der Waals surface area contributed by atoms with Gasteiger partial charge in [0.2, 0.25) is 17.7 Å². The van der Waals surface area contributed by atoms with E-state index in [1.54, 1.807) is 6.07 Å². The molecule has 3 atom stereocenters. The van der Waals surface area contributed by atoms with Crippen LogP contribution in [0.15, 0.2) is 48.5 Å². The number of primary amides is 1. The van der Waals surface area contributed by atoms with Crippen LogP contribution in [0.5, 0.6) is 0 Å². The molecule has 3 heterocycles. The molecule has 2 aliphatic heterocycles. The van der Waals surface area contributed by atoms with Crippen molar-refractivity contribution < 1.29 is 29.1 Å². The third-order valence-electron chi connectivity index (χ3n) is 7.70. The molecule has 0 saturated carbocycles. The van der Waals surface area contributed by atoms with Gasteiger partial charge in [0, 0.05) is 35.2 Å². The highest BCUT2D eigenvalue weighted by Gasteiger charge is 2.43. The van der Waals surface area contributed by atoms with Crippen LogP contribution >= 0.6 is 0 Å². The van der Waals surface area contributed by atoms with Gasteiger partial charge in [0.1, 0.15) is 18.1 Å². The van der Waals surface area contributed by atoms with Gasteiger partial charge >= 0.3 is 12.0 Å². The average Bonchev–Trinajstić information content (AvgIpc) is 3.56. The molecule has 12 heteroatoms. The normalized spacial score (nSPS) is 19.0. The minimum atomic E-state index is -1.40. The molecule has 6 N–H and O–H groups in total. The Morgan fingerprint density at radius 1 is 1.07 bits per heavy atom.